The van der Waals surface area contributed by atoms with E-state index in [4.69, 9.17) is 0 Å². The first kappa shape index (κ1) is 15.4. The van der Waals surface area contributed by atoms with Gasteiger partial charge in [-0.25, -0.2) is 0 Å². The number of benzene rings is 2. The van der Waals surface area contributed by atoms with Crippen LogP contribution in [0.1, 0.15) is 16.7 Å². The van der Waals surface area contributed by atoms with Crippen molar-refractivity contribution in [1.82, 2.24) is 9.19 Å². The van der Waals surface area contributed by atoms with Gasteiger partial charge in [-0.2, -0.15) is 13.5 Å². The van der Waals surface area contributed by atoms with E-state index in [-0.39, 0.29) is 4.90 Å². The minimum Gasteiger partial charge on any atom is -0.266 e. The average molecular weight is 328 g/mol. The maximum Gasteiger partial charge on any atom is 0.289 e. The largest absolute Gasteiger partial charge is 0.289 e. The smallest absolute Gasteiger partial charge is 0.266 e. The van der Waals surface area contributed by atoms with Crippen LogP contribution in [0.3, 0.4) is 0 Å². The topological polar surface area (TPSA) is 69.0 Å². The molecule has 5 nitrogen and oxygen atoms in total. The molecule has 0 atom stereocenters. The van der Waals surface area contributed by atoms with Crippen molar-refractivity contribution in [2.24, 2.45) is 0 Å². The highest BCUT2D eigenvalue weighted by Gasteiger charge is 2.25. The summed E-state index contributed by atoms with van der Waals surface area (Å²) in [5.74, 6) is 0. The van der Waals surface area contributed by atoms with Gasteiger partial charge in [0.2, 0.25) is 0 Å². The van der Waals surface area contributed by atoms with Crippen LogP contribution in [0.25, 0.3) is 10.8 Å². The number of hydrogen-bond donors (Lipinski definition) is 0. The second-order valence-electron chi connectivity index (χ2n) is 5.61. The maximum atomic E-state index is 13.0. The summed E-state index contributed by atoms with van der Waals surface area (Å²) in [6, 6.07) is 10.4. The van der Waals surface area contributed by atoms with Gasteiger partial charge < -0.3 is 0 Å². The molecule has 0 fully saturated rings. The molecule has 0 spiro atoms. The van der Waals surface area contributed by atoms with Crippen molar-refractivity contribution < 1.29 is 8.42 Å². The molecule has 2 aromatic carbocycles. The van der Waals surface area contributed by atoms with Crippen LogP contribution in [0.4, 0.5) is 0 Å². The Kier molecular flexibility index (Phi) is 3.56. The van der Waals surface area contributed by atoms with Crippen LogP contribution < -0.4 is 5.56 Å². The van der Waals surface area contributed by atoms with Gasteiger partial charge in [-0.15, -0.1) is 4.09 Å². The summed E-state index contributed by atoms with van der Waals surface area (Å²) in [5.41, 5.74) is 1.54. The van der Waals surface area contributed by atoms with Gasteiger partial charge in [0.1, 0.15) is 0 Å². The second kappa shape index (κ2) is 5.31. The Morgan fingerprint density at radius 1 is 1.00 bits per heavy atom. The van der Waals surface area contributed by atoms with E-state index in [0.29, 0.717) is 26.0 Å². The first-order valence-corrected chi connectivity index (χ1v) is 8.57. The minimum atomic E-state index is -4.05. The number of aryl methyl sites for hydroxylation is 3. The highest BCUT2D eigenvalue weighted by atomic mass is 32.2. The summed E-state index contributed by atoms with van der Waals surface area (Å²) in [6.07, 6.45) is 1.40. The monoisotopic (exact) mass is 328 g/mol. The molecule has 0 bridgehead atoms. The van der Waals surface area contributed by atoms with Crippen molar-refractivity contribution in [2.75, 3.05) is 0 Å². The van der Waals surface area contributed by atoms with Crippen molar-refractivity contribution in [1.29, 1.82) is 0 Å². The zero-order chi connectivity index (χ0) is 16.8. The maximum absolute atomic E-state index is 13.0. The molecule has 0 radical (unpaired) electrons. The van der Waals surface area contributed by atoms with Gasteiger partial charge in [0.25, 0.3) is 15.6 Å². The zero-order valence-corrected chi connectivity index (χ0v) is 13.9. The van der Waals surface area contributed by atoms with Gasteiger partial charge in [-0.1, -0.05) is 35.9 Å². The molecule has 3 rings (SSSR count). The molecular weight excluding hydrogens is 312 g/mol. The molecule has 0 aliphatic heterocycles. The molecule has 118 valence electrons. The van der Waals surface area contributed by atoms with Crippen molar-refractivity contribution in [3.63, 3.8) is 0 Å². The van der Waals surface area contributed by atoms with Gasteiger partial charge in [0.05, 0.1) is 16.5 Å². The molecule has 1 aromatic heterocycles. The highest BCUT2D eigenvalue weighted by Crippen LogP contribution is 2.23. The van der Waals surface area contributed by atoms with E-state index in [9.17, 15) is 13.2 Å². The summed E-state index contributed by atoms with van der Waals surface area (Å²) in [6.45, 7) is 5.34. The van der Waals surface area contributed by atoms with Gasteiger partial charge in [-0.05, 0) is 38.0 Å². The third-order valence-corrected chi connectivity index (χ3v) is 5.63. The lowest BCUT2D eigenvalue weighted by Gasteiger charge is -2.13. The Balaban J connectivity index is 2.34. The lowest BCUT2D eigenvalue weighted by atomic mass is 10.1. The predicted molar refractivity (Wildman–Crippen MR) is 89.2 cm³/mol. The Hall–Kier alpha value is -2.47. The van der Waals surface area contributed by atoms with Crippen molar-refractivity contribution in [3.8, 4) is 0 Å². The van der Waals surface area contributed by atoms with Crippen LogP contribution in [0.15, 0.2) is 52.3 Å². The summed E-state index contributed by atoms with van der Waals surface area (Å²) < 4.78 is 26.5. The van der Waals surface area contributed by atoms with E-state index in [1.165, 1.54) is 6.20 Å². The Morgan fingerprint density at radius 3 is 2.26 bits per heavy atom. The van der Waals surface area contributed by atoms with Crippen LogP contribution in [0.2, 0.25) is 0 Å². The molecule has 3 aromatic rings. The molecule has 6 heteroatoms. The molecule has 0 saturated carbocycles. The number of hydrogen-bond acceptors (Lipinski definition) is 4. The van der Waals surface area contributed by atoms with Crippen LogP contribution >= 0.6 is 0 Å². The van der Waals surface area contributed by atoms with E-state index >= 15 is 0 Å². The fraction of sp³-hybridized carbons (Fsp3) is 0.176. The number of nitrogens with zero attached hydrogens (tertiary/aromatic N) is 2. The quantitative estimate of drug-likeness (QED) is 0.725. The minimum absolute atomic E-state index is 0.132. The van der Waals surface area contributed by atoms with Gasteiger partial charge >= 0.3 is 0 Å². The fourth-order valence-corrected chi connectivity index (χ4v) is 4.50. The predicted octanol–water partition coefficient (Wildman–Crippen LogP) is 2.56. The third-order valence-electron chi connectivity index (χ3n) is 3.76. The Bertz CT molecular complexity index is 1060. The van der Waals surface area contributed by atoms with E-state index < -0.39 is 15.6 Å². The highest BCUT2D eigenvalue weighted by molar-refractivity contribution is 7.90. The summed E-state index contributed by atoms with van der Waals surface area (Å²) in [4.78, 5) is 12.7. The number of rotatable bonds is 2. The summed E-state index contributed by atoms with van der Waals surface area (Å²) >= 11 is 0. The molecule has 1 heterocycles. The van der Waals surface area contributed by atoms with E-state index in [0.717, 1.165) is 5.56 Å². The van der Waals surface area contributed by atoms with Crippen molar-refractivity contribution in [2.45, 2.75) is 25.7 Å². The standard InChI is InChI=1S/C17H16N2O3S/c1-11-8-12(2)16(13(3)9-11)23(21,22)19-17(20)15-7-5-4-6-14(15)10-18-19/h4-10H,1-3H3. The zero-order valence-electron chi connectivity index (χ0n) is 13.1. The van der Waals surface area contributed by atoms with Crippen LogP contribution in [-0.2, 0) is 10.0 Å². The van der Waals surface area contributed by atoms with Gasteiger partial charge in [0.15, 0.2) is 0 Å². The van der Waals surface area contributed by atoms with Crippen molar-refractivity contribution >= 4 is 20.8 Å². The van der Waals surface area contributed by atoms with Gasteiger partial charge in [-0.3, -0.25) is 4.79 Å². The normalized spacial score (nSPS) is 11.8. The SMILES string of the molecule is Cc1cc(C)c(S(=O)(=O)n2ncc3ccccc3c2=O)c(C)c1. The van der Waals surface area contributed by atoms with Crippen molar-refractivity contribution in [3.05, 3.63) is 69.6 Å². The molecule has 0 amide bonds. The van der Waals surface area contributed by atoms with Gasteiger partial charge in [0, 0.05) is 5.39 Å². The van der Waals surface area contributed by atoms with Crippen LogP contribution in [0.5, 0.6) is 0 Å². The molecule has 0 aliphatic rings. The summed E-state index contributed by atoms with van der Waals surface area (Å²) in [5, 5.41) is 4.81. The first-order chi connectivity index (χ1) is 10.8. The molecule has 0 aliphatic carbocycles. The molecule has 23 heavy (non-hydrogen) atoms. The average Bonchev–Trinajstić information content (AvgIpc) is 2.46. The van der Waals surface area contributed by atoms with E-state index in [2.05, 4.69) is 5.10 Å². The summed E-state index contributed by atoms with van der Waals surface area (Å²) in [7, 11) is -4.05. The lowest BCUT2D eigenvalue weighted by molar-refractivity contribution is 0.575. The third kappa shape index (κ3) is 2.45. The Morgan fingerprint density at radius 2 is 1.61 bits per heavy atom. The van der Waals surface area contributed by atoms with E-state index in [1.54, 1.807) is 50.2 Å². The Labute approximate surface area is 134 Å². The van der Waals surface area contributed by atoms with Crippen LogP contribution in [0, 0.1) is 20.8 Å². The number of fused-ring (bicyclic) bond motifs is 1. The molecule has 0 N–H and O–H groups in total. The second-order valence-corrected chi connectivity index (χ2v) is 7.32. The first-order valence-electron chi connectivity index (χ1n) is 7.13. The fourth-order valence-electron chi connectivity index (χ4n) is 2.91. The molecule has 0 unspecified atom stereocenters. The molecule has 0 saturated heterocycles. The number of aromatic nitrogens is 2. The lowest BCUT2D eigenvalue weighted by Crippen LogP contribution is -2.30. The van der Waals surface area contributed by atoms with E-state index in [1.807, 2.05) is 6.92 Å². The van der Waals surface area contributed by atoms with Crippen LogP contribution in [-0.4, -0.2) is 17.6 Å². The molecular formula is C17H16N2O3S.